The van der Waals surface area contributed by atoms with Crippen molar-refractivity contribution in [2.75, 3.05) is 0 Å². The summed E-state index contributed by atoms with van der Waals surface area (Å²) >= 11 is 1.50. The highest BCUT2D eigenvalue weighted by Crippen LogP contribution is 2.55. The average molecular weight is 356 g/mol. The minimum Gasteiger partial charge on any atom is -0.327 e. The van der Waals surface area contributed by atoms with Crippen molar-refractivity contribution in [3.63, 3.8) is 0 Å². The molecule has 2 unspecified atom stereocenters. The molecule has 4 aliphatic carbocycles. The largest absolute Gasteiger partial charge is 0.327 e. The standard InChI is InChI=1S/C10H17IN2O2S/c11-16(14,15)13-10-3-6-1-7(4-10)9(12)8(2-6)5-10/h6-9,13H,1-5,12H2. The molecule has 0 aromatic carbocycles. The van der Waals surface area contributed by atoms with Gasteiger partial charge in [-0.25, -0.2) is 13.1 Å². The van der Waals surface area contributed by atoms with Gasteiger partial charge in [0.25, 0.3) is 7.19 Å². The van der Waals surface area contributed by atoms with Gasteiger partial charge in [-0.1, -0.05) is 0 Å². The molecule has 16 heavy (non-hydrogen) atoms. The highest BCUT2D eigenvalue weighted by Gasteiger charge is 2.55. The minimum absolute atomic E-state index is 0.160. The molecule has 4 nitrogen and oxygen atoms in total. The Kier molecular flexibility index (Phi) is 2.59. The second-order valence-corrected chi connectivity index (χ2v) is 10.4. The first-order valence-electron chi connectivity index (χ1n) is 5.86. The molecule has 0 heterocycles. The van der Waals surface area contributed by atoms with E-state index in [0.717, 1.165) is 19.3 Å². The van der Waals surface area contributed by atoms with Crippen molar-refractivity contribution in [2.24, 2.45) is 23.5 Å². The maximum Gasteiger partial charge on any atom is 0.265 e. The van der Waals surface area contributed by atoms with Crippen molar-refractivity contribution in [1.82, 2.24) is 4.72 Å². The van der Waals surface area contributed by atoms with Gasteiger partial charge < -0.3 is 5.73 Å². The van der Waals surface area contributed by atoms with Crippen LogP contribution in [-0.2, 0) is 7.19 Å². The fourth-order valence-corrected chi connectivity index (χ4v) is 6.62. The Labute approximate surface area is 108 Å². The Balaban J connectivity index is 1.88. The third kappa shape index (κ3) is 1.91. The van der Waals surface area contributed by atoms with E-state index in [1.165, 1.54) is 34.0 Å². The quantitative estimate of drug-likeness (QED) is 0.576. The second-order valence-electron chi connectivity index (χ2n) is 5.87. The van der Waals surface area contributed by atoms with Gasteiger partial charge in [-0.15, -0.1) is 0 Å². The average Bonchev–Trinajstić information content (AvgIpc) is 2.08. The molecule has 6 heteroatoms. The van der Waals surface area contributed by atoms with E-state index >= 15 is 0 Å². The number of hydrogen-bond acceptors (Lipinski definition) is 3. The topological polar surface area (TPSA) is 72.2 Å². The Morgan fingerprint density at radius 3 is 2.25 bits per heavy atom. The van der Waals surface area contributed by atoms with Crippen molar-refractivity contribution < 1.29 is 8.42 Å². The zero-order valence-corrected chi connectivity index (χ0v) is 12.0. The molecule has 0 saturated heterocycles. The van der Waals surface area contributed by atoms with Crippen molar-refractivity contribution in [2.45, 2.75) is 43.7 Å². The van der Waals surface area contributed by atoms with Crippen LogP contribution < -0.4 is 10.5 Å². The molecule has 0 radical (unpaired) electrons. The van der Waals surface area contributed by atoms with Crippen LogP contribution in [0.2, 0.25) is 0 Å². The maximum atomic E-state index is 11.4. The van der Waals surface area contributed by atoms with E-state index in [0.29, 0.717) is 23.8 Å². The molecule has 92 valence electrons. The zero-order valence-electron chi connectivity index (χ0n) is 9.02. The molecule has 4 fully saturated rings. The van der Waals surface area contributed by atoms with Crippen molar-refractivity contribution in [3.05, 3.63) is 0 Å². The number of nitrogens with one attached hydrogen (secondary N) is 1. The van der Waals surface area contributed by atoms with Gasteiger partial charge in [-0.2, -0.15) is 0 Å². The fraction of sp³-hybridized carbons (Fsp3) is 1.00. The highest BCUT2D eigenvalue weighted by atomic mass is 127. The van der Waals surface area contributed by atoms with Crippen LogP contribution >= 0.6 is 21.2 Å². The third-order valence-corrected chi connectivity index (χ3v) is 6.02. The van der Waals surface area contributed by atoms with E-state index in [2.05, 4.69) is 4.72 Å². The summed E-state index contributed by atoms with van der Waals surface area (Å²) in [6.45, 7) is 0. The van der Waals surface area contributed by atoms with E-state index in [4.69, 9.17) is 5.73 Å². The van der Waals surface area contributed by atoms with Gasteiger partial charge in [0.15, 0.2) is 0 Å². The molecular weight excluding hydrogens is 339 g/mol. The SMILES string of the molecule is NC1C2CC3CC1CC(NS(=O)(=O)I)(C3)C2. The van der Waals surface area contributed by atoms with Gasteiger partial charge in [0.1, 0.15) is 0 Å². The molecule has 0 spiro atoms. The van der Waals surface area contributed by atoms with Gasteiger partial charge in [0.2, 0.25) is 0 Å². The summed E-state index contributed by atoms with van der Waals surface area (Å²) in [5.74, 6) is 1.77. The molecule has 4 saturated carbocycles. The first kappa shape index (κ1) is 11.7. The van der Waals surface area contributed by atoms with Crippen molar-refractivity contribution in [3.8, 4) is 0 Å². The molecule has 4 bridgehead atoms. The summed E-state index contributed by atoms with van der Waals surface area (Å²) in [4.78, 5) is 0. The second kappa shape index (κ2) is 3.55. The van der Waals surface area contributed by atoms with E-state index < -0.39 is 7.19 Å². The zero-order chi connectivity index (χ0) is 11.6. The first-order valence-corrected chi connectivity index (χ1v) is 9.89. The van der Waals surface area contributed by atoms with Crippen LogP contribution in [-0.4, -0.2) is 20.0 Å². The number of nitrogens with two attached hydrogens (primary N) is 1. The van der Waals surface area contributed by atoms with Crippen LogP contribution in [0.4, 0.5) is 0 Å². The summed E-state index contributed by atoms with van der Waals surface area (Å²) in [6.07, 6.45) is 5.34. The molecule has 0 aliphatic heterocycles. The summed E-state index contributed by atoms with van der Waals surface area (Å²) < 4.78 is 25.8. The summed E-state index contributed by atoms with van der Waals surface area (Å²) in [5, 5.41) is 0. The predicted octanol–water partition coefficient (Wildman–Crippen LogP) is 1.16. The molecule has 0 aromatic heterocycles. The molecule has 4 aliphatic rings. The van der Waals surface area contributed by atoms with Crippen LogP contribution in [0, 0.1) is 17.8 Å². The number of rotatable bonds is 2. The summed E-state index contributed by atoms with van der Waals surface area (Å²) in [6, 6.07) is 0.309. The normalized spacial score (nSPS) is 50.9. The van der Waals surface area contributed by atoms with Crippen molar-refractivity contribution in [1.29, 1.82) is 0 Å². The van der Waals surface area contributed by atoms with Gasteiger partial charge in [-0.05, 0) is 49.9 Å². The molecule has 3 N–H and O–H groups in total. The molecular formula is C10H17IN2O2S. The van der Waals surface area contributed by atoms with E-state index in [-0.39, 0.29) is 5.54 Å². The summed E-state index contributed by atoms with van der Waals surface area (Å²) in [5.41, 5.74) is 6.05. The smallest absolute Gasteiger partial charge is 0.265 e. The van der Waals surface area contributed by atoms with Gasteiger partial charge in [0, 0.05) is 11.6 Å². The molecule has 4 rings (SSSR count). The Bertz CT molecular complexity index is 395. The van der Waals surface area contributed by atoms with Crippen LogP contribution in [0.25, 0.3) is 0 Å². The van der Waals surface area contributed by atoms with Crippen LogP contribution in [0.3, 0.4) is 0 Å². The lowest BCUT2D eigenvalue weighted by molar-refractivity contribution is -0.0246. The Morgan fingerprint density at radius 1 is 1.19 bits per heavy atom. The minimum atomic E-state index is -3.12. The lowest BCUT2D eigenvalue weighted by Gasteiger charge is -2.59. The van der Waals surface area contributed by atoms with E-state index in [9.17, 15) is 8.42 Å². The van der Waals surface area contributed by atoms with E-state index in [1.54, 1.807) is 0 Å². The Hall–Kier alpha value is 0.600. The third-order valence-electron chi connectivity index (χ3n) is 4.68. The molecule has 0 aromatic rings. The highest BCUT2D eigenvalue weighted by molar-refractivity contribution is 14.2. The van der Waals surface area contributed by atoms with E-state index in [1.807, 2.05) is 0 Å². The number of halogens is 1. The maximum absolute atomic E-state index is 11.4. The lowest BCUT2D eigenvalue weighted by atomic mass is 9.51. The number of hydrogen-bond donors (Lipinski definition) is 2. The molecule has 2 atom stereocenters. The fourth-order valence-electron chi connectivity index (χ4n) is 4.45. The van der Waals surface area contributed by atoms with Crippen LogP contribution in [0.1, 0.15) is 32.1 Å². The summed E-state index contributed by atoms with van der Waals surface area (Å²) in [7, 11) is -3.12. The van der Waals surface area contributed by atoms with Crippen LogP contribution in [0.5, 0.6) is 0 Å². The Morgan fingerprint density at radius 2 is 1.75 bits per heavy atom. The molecule has 0 amide bonds. The van der Waals surface area contributed by atoms with Crippen LogP contribution in [0.15, 0.2) is 0 Å². The predicted molar refractivity (Wildman–Crippen MR) is 70.3 cm³/mol. The van der Waals surface area contributed by atoms with Crippen molar-refractivity contribution >= 4 is 28.4 Å². The van der Waals surface area contributed by atoms with Gasteiger partial charge >= 0.3 is 0 Å². The van der Waals surface area contributed by atoms with Gasteiger partial charge in [-0.3, -0.25) is 0 Å². The van der Waals surface area contributed by atoms with Gasteiger partial charge in [0.05, 0.1) is 21.2 Å². The monoisotopic (exact) mass is 356 g/mol. The lowest BCUT2D eigenvalue weighted by Crippen LogP contribution is -2.64. The first-order chi connectivity index (χ1) is 7.37.